The van der Waals surface area contributed by atoms with Crippen molar-refractivity contribution in [3.05, 3.63) is 41.2 Å². The highest BCUT2D eigenvalue weighted by molar-refractivity contribution is 6.33. The molecule has 0 bridgehead atoms. The fraction of sp³-hybridized carbons (Fsp3) is 0.111. The number of fused-ring (bicyclic) bond motifs is 1. The van der Waals surface area contributed by atoms with Gasteiger partial charge < -0.3 is 14.7 Å². The average molecular weight is 176 g/mol. The molecule has 1 aromatic carbocycles. The smallest absolute Gasteiger partial charge is 0.515 e. The summed E-state index contributed by atoms with van der Waals surface area (Å²) in [6.07, 6.45) is 2.45. The van der Waals surface area contributed by atoms with E-state index in [1.165, 1.54) is 0 Å². The molecule has 2 rings (SSSR count). The lowest BCUT2D eigenvalue weighted by molar-refractivity contribution is 0.236. The van der Waals surface area contributed by atoms with Crippen LogP contribution in [0.5, 0.6) is 0 Å². The lowest BCUT2D eigenvalue weighted by Gasteiger charge is -2.03. The maximum atomic E-state index is 8.58. The van der Waals surface area contributed by atoms with E-state index in [4.69, 9.17) is 14.7 Å². The van der Waals surface area contributed by atoms with Crippen molar-refractivity contribution >= 4 is 13.4 Å². The molecule has 0 saturated heterocycles. The zero-order valence-corrected chi connectivity index (χ0v) is 6.97. The van der Waals surface area contributed by atoms with Crippen molar-refractivity contribution in [1.29, 1.82) is 0 Å². The molecule has 3 nitrogen and oxygen atoms in total. The van der Waals surface area contributed by atoms with E-state index in [1.807, 2.05) is 30.3 Å². The van der Waals surface area contributed by atoms with Gasteiger partial charge in [0.15, 0.2) is 0 Å². The minimum atomic E-state index is -1.72. The minimum absolute atomic E-state index is 0.594. The Morgan fingerprint density at radius 3 is 2.69 bits per heavy atom. The molecule has 0 atom stereocenters. The summed E-state index contributed by atoms with van der Waals surface area (Å²) in [6, 6.07) is 7.85. The van der Waals surface area contributed by atoms with Crippen molar-refractivity contribution in [3.8, 4) is 0 Å². The molecular weight excluding hydrogens is 167 g/mol. The summed E-state index contributed by atoms with van der Waals surface area (Å²) in [5.74, 6) is 0.594. The minimum Gasteiger partial charge on any atom is -0.515 e. The molecular formula is C9H9BO3. The highest BCUT2D eigenvalue weighted by Gasteiger charge is 2.18. The summed E-state index contributed by atoms with van der Waals surface area (Å²) < 4.78 is 4.77. The fourth-order valence-electron chi connectivity index (χ4n) is 1.46. The first-order chi connectivity index (χ1) is 6.25. The average Bonchev–Trinajstić information content (AvgIpc) is 2.44. The Bertz CT molecular complexity index is 346. The quantitative estimate of drug-likeness (QED) is 0.647. The van der Waals surface area contributed by atoms with E-state index in [1.54, 1.807) is 0 Å². The molecule has 66 valence electrons. The second kappa shape index (κ2) is 3.24. The van der Waals surface area contributed by atoms with E-state index in [2.05, 4.69) is 0 Å². The third kappa shape index (κ3) is 1.74. The first kappa shape index (κ1) is 8.35. The van der Waals surface area contributed by atoms with Crippen LogP contribution in [0.4, 0.5) is 0 Å². The SMILES string of the molecule is OB(O)OC1=Cc2ccccc2C1. The predicted molar refractivity (Wildman–Crippen MR) is 49.4 cm³/mol. The van der Waals surface area contributed by atoms with Crippen molar-refractivity contribution in [2.75, 3.05) is 0 Å². The van der Waals surface area contributed by atoms with Crippen LogP contribution in [-0.4, -0.2) is 17.4 Å². The number of benzene rings is 1. The zero-order valence-electron chi connectivity index (χ0n) is 6.97. The van der Waals surface area contributed by atoms with Crippen LogP contribution in [-0.2, 0) is 11.1 Å². The zero-order chi connectivity index (χ0) is 9.26. The van der Waals surface area contributed by atoms with Crippen LogP contribution in [0.2, 0.25) is 0 Å². The standard InChI is InChI=1S/C9H9BO3/c11-10(12)13-9-5-7-3-1-2-4-8(7)6-9/h1-5,11-12H,6H2. The lowest BCUT2D eigenvalue weighted by atomic mass is 10.1. The Hall–Kier alpha value is -1.26. The van der Waals surface area contributed by atoms with Gasteiger partial charge in [0.25, 0.3) is 0 Å². The summed E-state index contributed by atoms with van der Waals surface area (Å²) in [5.41, 5.74) is 2.23. The summed E-state index contributed by atoms with van der Waals surface area (Å²) in [7, 11) is -1.72. The topological polar surface area (TPSA) is 49.7 Å². The van der Waals surface area contributed by atoms with Gasteiger partial charge in [0, 0.05) is 6.42 Å². The first-order valence-electron chi connectivity index (χ1n) is 4.07. The molecule has 0 fully saturated rings. The van der Waals surface area contributed by atoms with Gasteiger partial charge in [0.1, 0.15) is 0 Å². The monoisotopic (exact) mass is 176 g/mol. The van der Waals surface area contributed by atoms with Crippen molar-refractivity contribution in [2.45, 2.75) is 6.42 Å². The molecule has 2 N–H and O–H groups in total. The summed E-state index contributed by atoms with van der Waals surface area (Å²) >= 11 is 0. The molecule has 1 aliphatic rings. The van der Waals surface area contributed by atoms with Gasteiger partial charge >= 0.3 is 7.32 Å². The van der Waals surface area contributed by atoms with Crippen molar-refractivity contribution in [3.63, 3.8) is 0 Å². The Morgan fingerprint density at radius 1 is 1.23 bits per heavy atom. The largest absolute Gasteiger partial charge is 0.707 e. The number of rotatable bonds is 2. The van der Waals surface area contributed by atoms with Crippen molar-refractivity contribution in [2.24, 2.45) is 0 Å². The van der Waals surface area contributed by atoms with Gasteiger partial charge in [-0.3, -0.25) is 0 Å². The van der Waals surface area contributed by atoms with Crippen LogP contribution in [0.1, 0.15) is 11.1 Å². The molecule has 1 aromatic rings. The van der Waals surface area contributed by atoms with E-state index in [9.17, 15) is 0 Å². The molecule has 0 spiro atoms. The van der Waals surface area contributed by atoms with Gasteiger partial charge in [0.05, 0.1) is 5.76 Å². The van der Waals surface area contributed by atoms with Crippen LogP contribution in [0, 0.1) is 0 Å². The number of hydrogen-bond acceptors (Lipinski definition) is 3. The Balaban J connectivity index is 2.17. The molecule has 4 heteroatoms. The normalized spacial score (nSPS) is 13.5. The van der Waals surface area contributed by atoms with E-state index in [-0.39, 0.29) is 0 Å². The second-order valence-electron chi connectivity index (χ2n) is 2.93. The molecule has 0 heterocycles. The van der Waals surface area contributed by atoms with Gasteiger partial charge in [-0.25, -0.2) is 0 Å². The maximum absolute atomic E-state index is 8.58. The third-order valence-electron chi connectivity index (χ3n) is 1.99. The first-order valence-corrected chi connectivity index (χ1v) is 4.07. The van der Waals surface area contributed by atoms with Crippen LogP contribution >= 0.6 is 0 Å². The predicted octanol–water partition coefficient (Wildman–Crippen LogP) is 0.570. The van der Waals surface area contributed by atoms with Gasteiger partial charge in [-0.1, -0.05) is 24.3 Å². The maximum Gasteiger partial charge on any atom is 0.707 e. The van der Waals surface area contributed by atoms with Crippen molar-refractivity contribution in [1.82, 2.24) is 0 Å². The number of allylic oxidation sites excluding steroid dienone is 1. The molecule has 0 amide bonds. The molecule has 0 aliphatic heterocycles. The second-order valence-corrected chi connectivity index (χ2v) is 2.93. The Labute approximate surface area is 76.5 Å². The van der Waals surface area contributed by atoms with Crippen LogP contribution in [0.3, 0.4) is 0 Å². The summed E-state index contributed by atoms with van der Waals surface area (Å²) in [4.78, 5) is 0. The summed E-state index contributed by atoms with van der Waals surface area (Å²) in [6.45, 7) is 0. The molecule has 0 aromatic heterocycles. The third-order valence-corrected chi connectivity index (χ3v) is 1.99. The molecule has 1 aliphatic carbocycles. The van der Waals surface area contributed by atoms with E-state index in [0.29, 0.717) is 12.2 Å². The Morgan fingerprint density at radius 2 is 2.00 bits per heavy atom. The summed E-state index contributed by atoms with van der Waals surface area (Å²) in [5, 5.41) is 17.2. The van der Waals surface area contributed by atoms with Gasteiger partial charge in [-0.05, 0) is 17.2 Å². The molecule has 13 heavy (non-hydrogen) atoms. The van der Waals surface area contributed by atoms with Crippen LogP contribution in [0.25, 0.3) is 6.08 Å². The molecule has 0 unspecified atom stereocenters. The highest BCUT2D eigenvalue weighted by atomic mass is 16.6. The van der Waals surface area contributed by atoms with Gasteiger partial charge in [-0.2, -0.15) is 0 Å². The lowest BCUT2D eigenvalue weighted by Crippen LogP contribution is -2.16. The van der Waals surface area contributed by atoms with E-state index in [0.717, 1.165) is 11.1 Å². The molecule has 0 saturated carbocycles. The van der Waals surface area contributed by atoms with Gasteiger partial charge in [-0.15, -0.1) is 0 Å². The van der Waals surface area contributed by atoms with Crippen LogP contribution in [0.15, 0.2) is 30.0 Å². The van der Waals surface area contributed by atoms with Crippen LogP contribution < -0.4 is 0 Å². The van der Waals surface area contributed by atoms with E-state index >= 15 is 0 Å². The number of hydrogen-bond donors (Lipinski definition) is 2. The Kier molecular flexibility index (Phi) is 2.08. The molecule has 0 radical (unpaired) electrons. The highest BCUT2D eigenvalue weighted by Crippen LogP contribution is 2.24. The fourth-order valence-corrected chi connectivity index (χ4v) is 1.46. The van der Waals surface area contributed by atoms with Gasteiger partial charge in [0.2, 0.25) is 0 Å². The van der Waals surface area contributed by atoms with Crippen molar-refractivity contribution < 1.29 is 14.7 Å². The van der Waals surface area contributed by atoms with E-state index < -0.39 is 7.32 Å².